The number of nitrogens with zero attached hydrogens (tertiary/aromatic N) is 3. The van der Waals surface area contributed by atoms with Gasteiger partial charge in [-0.3, -0.25) is 0 Å². The van der Waals surface area contributed by atoms with Crippen LogP contribution >= 0.6 is 0 Å². The maximum Gasteiger partial charge on any atom is 0.259 e. The zero-order valence-electron chi connectivity index (χ0n) is 18.0. The number of aromatic nitrogens is 2. The first-order valence-electron chi connectivity index (χ1n) is 10.8. The van der Waals surface area contributed by atoms with E-state index >= 15 is 0 Å². The summed E-state index contributed by atoms with van der Waals surface area (Å²) in [5.41, 5.74) is 1.13. The Hall–Kier alpha value is -3.89. The van der Waals surface area contributed by atoms with Gasteiger partial charge in [0.1, 0.15) is 5.82 Å². The van der Waals surface area contributed by atoms with Crippen molar-refractivity contribution >= 4 is 35.3 Å². The van der Waals surface area contributed by atoms with Gasteiger partial charge < -0.3 is 9.13 Å². The van der Waals surface area contributed by atoms with E-state index in [4.69, 9.17) is 4.98 Å². The zero-order valence-corrected chi connectivity index (χ0v) is 19.0. The largest absolute Gasteiger partial charge is 0.340 e. The molecule has 0 atom stereocenters. The fourth-order valence-electron chi connectivity index (χ4n) is 4.51. The van der Waals surface area contributed by atoms with E-state index in [-0.39, 0.29) is 0 Å². The van der Waals surface area contributed by atoms with Gasteiger partial charge in [0.2, 0.25) is 0 Å². The number of hydrogen-bond acceptors (Lipinski definition) is 2. The van der Waals surface area contributed by atoms with Crippen molar-refractivity contribution in [2.24, 2.45) is 7.05 Å². The van der Waals surface area contributed by atoms with E-state index in [2.05, 4.69) is 132 Å². The van der Waals surface area contributed by atoms with Crippen LogP contribution in [0.15, 0.2) is 134 Å². The molecule has 0 saturated carbocycles. The summed E-state index contributed by atoms with van der Waals surface area (Å²) in [7, 11) is -0.740. The second kappa shape index (κ2) is 8.69. The van der Waals surface area contributed by atoms with Crippen LogP contribution in [0.3, 0.4) is 0 Å². The average molecular weight is 432 g/mol. The molecule has 0 aliphatic rings. The second-order valence-corrected chi connectivity index (χ2v) is 11.5. The molecule has 1 heterocycles. The van der Waals surface area contributed by atoms with Crippen LogP contribution in [0.5, 0.6) is 0 Å². The molecule has 0 saturated heterocycles. The highest BCUT2D eigenvalue weighted by atomic mass is 28.3. The quantitative estimate of drug-likeness (QED) is 0.296. The Labute approximate surface area is 190 Å². The molecule has 0 amide bonds. The topological polar surface area (TPSA) is 21.1 Å². The zero-order chi connectivity index (χ0) is 21.8. The number of rotatable bonds is 6. The van der Waals surface area contributed by atoms with E-state index in [1.165, 1.54) is 15.6 Å². The summed E-state index contributed by atoms with van der Waals surface area (Å²) in [5.74, 6) is 0.946. The molecule has 0 bridgehead atoms. The molecule has 32 heavy (non-hydrogen) atoms. The van der Waals surface area contributed by atoms with Gasteiger partial charge in [-0.2, -0.15) is 0 Å². The van der Waals surface area contributed by atoms with Crippen molar-refractivity contribution in [3.63, 3.8) is 0 Å². The molecule has 0 N–H and O–H groups in total. The SMILES string of the molecule is Cn1cnc(N(c2ccccc2)[Si](c2ccccc2)(c2ccccc2)c2ccccc2)c1. The lowest BCUT2D eigenvalue weighted by Gasteiger charge is -2.43. The first-order chi connectivity index (χ1) is 15.8. The minimum absolute atomic E-state index is 0.946. The van der Waals surface area contributed by atoms with E-state index in [9.17, 15) is 0 Å². The van der Waals surface area contributed by atoms with Gasteiger partial charge in [0.05, 0.1) is 6.33 Å². The molecule has 0 fully saturated rings. The Bertz CT molecular complexity index is 1170. The Kier molecular flexibility index (Phi) is 5.44. The van der Waals surface area contributed by atoms with Gasteiger partial charge in [-0.15, -0.1) is 0 Å². The number of aryl methyl sites for hydroxylation is 1. The fourth-order valence-corrected chi connectivity index (χ4v) is 9.31. The van der Waals surface area contributed by atoms with Gasteiger partial charge in [-0.1, -0.05) is 109 Å². The summed E-state index contributed by atoms with van der Waals surface area (Å²) in [6, 6.07) is 43.4. The van der Waals surface area contributed by atoms with Crippen molar-refractivity contribution < 1.29 is 0 Å². The molecular formula is C28H25N3Si. The molecule has 4 heteroatoms. The molecule has 0 unspecified atom stereocenters. The maximum atomic E-state index is 4.86. The highest BCUT2D eigenvalue weighted by Gasteiger charge is 2.47. The minimum Gasteiger partial charge on any atom is -0.340 e. The van der Waals surface area contributed by atoms with Crippen LogP contribution in [0.1, 0.15) is 0 Å². The lowest BCUT2D eigenvalue weighted by molar-refractivity contribution is 0.913. The Morgan fingerprint density at radius 1 is 0.594 bits per heavy atom. The molecule has 4 aromatic carbocycles. The molecule has 1 aromatic heterocycles. The minimum atomic E-state index is -2.76. The van der Waals surface area contributed by atoms with Crippen LogP contribution in [0, 0.1) is 0 Å². The number of imidazole rings is 1. The predicted molar refractivity (Wildman–Crippen MR) is 136 cm³/mol. The molecule has 0 spiro atoms. The highest BCUT2D eigenvalue weighted by molar-refractivity contribution is 7.14. The van der Waals surface area contributed by atoms with E-state index in [0.29, 0.717) is 0 Å². The number of para-hydroxylation sites is 1. The average Bonchev–Trinajstić information content (AvgIpc) is 3.30. The molecule has 0 radical (unpaired) electrons. The summed E-state index contributed by atoms with van der Waals surface area (Å²) in [4.78, 5) is 4.86. The summed E-state index contributed by atoms with van der Waals surface area (Å²) in [6.45, 7) is 0. The van der Waals surface area contributed by atoms with Crippen molar-refractivity contribution in [1.82, 2.24) is 9.55 Å². The van der Waals surface area contributed by atoms with Crippen LogP contribution in [0.2, 0.25) is 0 Å². The van der Waals surface area contributed by atoms with Gasteiger partial charge in [-0.05, 0) is 27.7 Å². The number of anilines is 2. The van der Waals surface area contributed by atoms with Crippen LogP contribution in [0.25, 0.3) is 0 Å². The van der Waals surface area contributed by atoms with Gasteiger partial charge in [0.25, 0.3) is 8.24 Å². The summed E-state index contributed by atoms with van der Waals surface area (Å²) >= 11 is 0. The standard InChI is InChI=1S/C28H25N3Si/c1-30-22-28(29-23-30)31(24-14-6-2-7-15-24)32(25-16-8-3-9-17-25,26-18-10-4-11-19-26)27-20-12-5-13-21-27/h2-23H,1H3. The van der Waals surface area contributed by atoms with Crippen LogP contribution in [-0.2, 0) is 7.05 Å². The van der Waals surface area contributed by atoms with Crippen LogP contribution < -0.4 is 20.1 Å². The molecular weight excluding hydrogens is 406 g/mol. The van der Waals surface area contributed by atoms with Crippen molar-refractivity contribution in [1.29, 1.82) is 0 Å². The van der Waals surface area contributed by atoms with Crippen molar-refractivity contribution in [2.45, 2.75) is 0 Å². The highest BCUT2D eigenvalue weighted by Crippen LogP contribution is 2.30. The predicted octanol–water partition coefficient (Wildman–Crippen LogP) is 4.23. The first kappa shape index (κ1) is 20.0. The third-order valence-corrected chi connectivity index (χ3v) is 10.5. The molecule has 5 rings (SSSR count). The van der Waals surface area contributed by atoms with Gasteiger partial charge in [0.15, 0.2) is 0 Å². The molecule has 3 nitrogen and oxygen atoms in total. The molecule has 156 valence electrons. The Balaban J connectivity index is 1.94. The molecule has 0 aliphatic heterocycles. The van der Waals surface area contributed by atoms with E-state index in [0.717, 1.165) is 11.5 Å². The number of hydrogen-bond donors (Lipinski definition) is 0. The monoisotopic (exact) mass is 431 g/mol. The Morgan fingerprint density at radius 3 is 1.38 bits per heavy atom. The van der Waals surface area contributed by atoms with E-state index < -0.39 is 8.24 Å². The second-order valence-electron chi connectivity index (χ2n) is 7.88. The molecule has 5 aromatic rings. The van der Waals surface area contributed by atoms with Crippen molar-refractivity contribution in [3.8, 4) is 0 Å². The lowest BCUT2D eigenvalue weighted by atomic mass is 10.3. The molecule has 0 aliphatic carbocycles. The third kappa shape index (κ3) is 3.45. The maximum absolute atomic E-state index is 4.86. The van der Waals surface area contributed by atoms with E-state index in [1.807, 2.05) is 17.9 Å². The smallest absolute Gasteiger partial charge is 0.259 e. The van der Waals surface area contributed by atoms with E-state index in [1.54, 1.807) is 0 Å². The van der Waals surface area contributed by atoms with Crippen LogP contribution in [-0.4, -0.2) is 17.8 Å². The van der Waals surface area contributed by atoms with Gasteiger partial charge >= 0.3 is 0 Å². The number of benzene rings is 4. The van der Waals surface area contributed by atoms with Gasteiger partial charge in [0, 0.05) is 18.9 Å². The van der Waals surface area contributed by atoms with Crippen molar-refractivity contribution in [3.05, 3.63) is 134 Å². The lowest BCUT2D eigenvalue weighted by Crippen LogP contribution is -2.76. The third-order valence-electron chi connectivity index (χ3n) is 5.84. The fraction of sp³-hybridized carbons (Fsp3) is 0.0357. The van der Waals surface area contributed by atoms with Gasteiger partial charge in [-0.25, -0.2) is 4.98 Å². The summed E-state index contributed by atoms with van der Waals surface area (Å²) in [5, 5.41) is 3.94. The van der Waals surface area contributed by atoms with Crippen molar-refractivity contribution in [2.75, 3.05) is 4.57 Å². The van der Waals surface area contributed by atoms with Crippen LogP contribution in [0.4, 0.5) is 11.5 Å². The normalized spacial score (nSPS) is 11.3. The summed E-state index contributed by atoms with van der Waals surface area (Å²) < 4.78 is 4.51. The Morgan fingerprint density at radius 2 is 1.00 bits per heavy atom. The summed E-state index contributed by atoms with van der Waals surface area (Å²) in [6.07, 6.45) is 4.00. The first-order valence-corrected chi connectivity index (χ1v) is 12.7.